The van der Waals surface area contributed by atoms with Crippen molar-refractivity contribution in [2.75, 3.05) is 49.8 Å². The van der Waals surface area contributed by atoms with Crippen LogP contribution in [0.25, 0.3) is 0 Å². The van der Waals surface area contributed by atoms with E-state index in [1.54, 1.807) is 174 Å². The van der Waals surface area contributed by atoms with Crippen molar-refractivity contribution in [2.45, 2.75) is 189 Å². The highest BCUT2D eigenvalue weighted by Crippen LogP contribution is 2.31. The Kier molecular flexibility index (Phi) is 54.4. The molecule has 4 rings (SSSR count). The van der Waals surface area contributed by atoms with Crippen LogP contribution in [0.1, 0.15) is 148 Å². The third kappa shape index (κ3) is 36.6. The molecule has 0 aromatic heterocycles. The summed E-state index contributed by atoms with van der Waals surface area (Å²) in [5.41, 5.74) is 6.06. The number of nitrogens with one attached hydrogen (secondary N) is 3. The minimum Gasteiger partial charge on any atom is -0.495 e. The first kappa shape index (κ1) is 108. The largest absolute Gasteiger partial charge is 0.495 e. The molecule has 27 heteroatoms. The first-order valence-electron chi connectivity index (χ1n) is 32.5. The third-order valence-corrected chi connectivity index (χ3v) is 18.1. The van der Waals surface area contributed by atoms with Crippen LogP contribution in [-0.2, 0) is 78.3 Å². The summed E-state index contributed by atoms with van der Waals surface area (Å²) in [6.45, 7) is 31.9. The number of methoxy groups -OCH3 is 7. The van der Waals surface area contributed by atoms with Gasteiger partial charge >= 0.3 is 29.8 Å². The van der Waals surface area contributed by atoms with Crippen molar-refractivity contribution in [3.8, 4) is 35.8 Å². The summed E-state index contributed by atoms with van der Waals surface area (Å²) >= 11 is 24.2. The number of terminal acetylenes is 1. The van der Waals surface area contributed by atoms with E-state index in [0.29, 0.717) is 68.8 Å². The number of aliphatic carboxylic acids is 2. The smallest absolute Gasteiger partial charge is 0.313 e. The molecule has 3 amide bonds. The normalized spacial score (nSPS) is 12.8. The first-order chi connectivity index (χ1) is 46.7. The number of rotatable bonds is 27. The Labute approximate surface area is 644 Å². The van der Waals surface area contributed by atoms with Crippen molar-refractivity contribution in [2.24, 2.45) is 51.1 Å². The molecule has 104 heavy (non-hydrogen) atoms. The van der Waals surface area contributed by atoms with Crippen molar-refractivity contribution in [3.63, 3.8) is 0 Å². The number of hydrogen-bond acceptors (Lipinski definition) is 16. The molecule has 3 unspecified atom stereocenters. The van der Waals surface area contributed by atoms with Crippen LogP contribution < -0.4 is 40.6 Å². The average Bonchev–Trinajstić information content (AvgIpc) is 0.854. The molecule has 7 N–H and O–H groups in total. The first-order valence-corrected chi connectivity index (χ1v) is 34.0. The van der Waals surface area contributed by atoms with E-state index in [1.807, 2.05) is 59.0 Å². The Morgan fingerprint density at radius 1 is 0.423 bits per heavy atom. The molecule has 4 aromatic carbocycles. The molecule has 0 fully saturated rings. The lowest BCUT2D eigenvalue weighted by atomic mass is 9.85. The summed E-state index contributed by atoms with van der Waals surface area (Å²) in [7, 11) is 12.3. The number of ether oxygens (including phenoxy) is 7. The number of hydrogen-bond donors (Lipinski definition) is 6. The van der Waals surface area contributed by atoms with Gasteiger partial charge in [-0.2, -0.15) is 0 Å². The second kappa shape index (κ2) is 52.6. The molecule has 0 saturated heterocycles. The van der Waals surface area contributed by atoms with E-state index >= 15 is 0 Å². The van der Waals surface area contributed by atoms with Crippen LogP contribution in [-0.4, -0.2) is 147 Å². The summed E-state index contributed by atoms with van der Waals surface area (Å²) in [5, 5.41) is 28.6. The zero-order valence-electron chi connectivity index (χ0n) is 64.3. The molecule has 0 aliphatic heterocycles. The van der Waals surface area contributed by atoms with Gasteiger partial charge in [0.25, 0.3) is 0 Å². The number of nitrogens with two attached hydrogens (primary N) is 1. The number of amides is 3. The second-order valence-electron chi connectivity index (χ2n) is 26.4. The van der Waals surface area contributed by atoms with Gasteiger partial charge in [0.2, 0.25) is 17.7 Å². The third-order valence-electron chi connectivity index (χ3n) is 16.9. The highest BCUT2D eigenvalue weighted by Gasteiger charge is 2.39. The maximum absolute atomic E-state index is 12.4. The van der Waals surface area contributed by atoms with Crippen LogP contribution in [0.15, 0.2) is 72.8 Å². The van der Waals surface area contributed by atoms with E-state index < -0.39 is 45.6 Å². The Morgan fingerprint density at radius 2 is 0.625 bits per heavy atom. The number of carbonyl (C=O) groups is 8. The molecule has 21 nitrogen and oxygen atoms in total. The molecule has 8 atom stereocenters. The molecule has 4 radical (unpaired) electrons. The quantitative estimate of drug-likeness (QED) is 0.0140. The average molecular weight is 1540 g/mol. The molecular formula is C77H120B2Cl4N4O17. The molecule has 0 saturated carbocycles. The predicted molar refractivity (Wildman–Crippen MR) is 423 cm³/mol. The standard InChI is InChI=1S/2C18H26ClNO4.C17H24ClNO4.C11H13ClO3.C7H15NO2.C2H6B.C2H2.2CH4.B/c2*1-11(9-13-7-8-15(23-5)14(19)10-13)16(21)20-12(2)18(3,4)17(22)24-6;1-10(8-12-6-7-14(23-5)13(18)9-12)15(20)19-11(2)17(3,4)16(21)22;1-7(11(13)14)5-8-3-4-10(15-2)9(12)6-8;1-5(8)7(2,3)6(9)10-4;1-3-2;1-2;;;/h2*7-8,10-12H,9H2,1-6H3,(H,20,21);6-7,9-11H,8H2,1-5H3,(H,19,20)(H,21,22);3-4,6-7H,5H2,1-2H3,(H,13,14);5H,8H2,1-4H3;1-2H3;1-2H;2*1H4;/t2*11-,12?;10-,11?;7-;5-;;;;;/m11110...../s1. The van der Waals surface area contributed by atoms with Crippen molar-refractivity contribution in [3.05, 3.63) is 115 Å². The zero-order valence-corrected chi connectivity index (χ0v) is 67.3. The van der Waals surface area contributed by atoms with Gasteiger partial charge in [-0.1, -0.05) is 127 Å². The minimum absolute atomic E-state index is 0. The van der Waals surface area contributed by atoms with Crippen LogP contribution in [0, 0.1) is 58.2 Å². The fraction of sp³-hybridized carbons (Fsp3) is 0.558. The second-order valence-corrected chi connectivity index (χ2v) is 28.0. The van der Waals surface area contributed by atoms with Gasteiger partial charge < -0.3 is 65.1 Å². The van der Waals surface area contributed by atoms with E-state index in [1.165, 1.54) is 21.3 Å². The van der Waals surface area contributed by atoms with E-state index in [2.05, 4.69) is 33.5 Å². The van der Waals surface area contributed by atoms with E-state index in [9.17, 15) is 43.5 Å². The Balaban J connectivity index is -0.000000289. The number of halogens is 4. The highest BCUT2D eigenvalue weighted by molar-refractivity contribution is 6.33. The molecule has 0 spiro atoms. The number of carboxylic acid groups (broad SMARTS) is 2. The van der Waals surface area contributed by atoms with Crippen LogP contribution in [0.2, 0.25) is 33.7 Å². The molecular weight excluding hydrogens is 1420 g/mol. The molecule has 0 heterocycles. The van der Waals surface area contributed by atoms with Crippen molar-refractivity contribution >= 4 is 110 Å². The summed E-state index contributed by atoms with van der Waals surface area (Å²) in [6.07, 6.45) is 10.1. The zero-order chi connectivity index (χ0) is 79.3. The van der Waals surface area contributed by atoms with Gasteiger partial charge in [-0.15, -0.1) is 12.8 Å². The lowest BCUT2D eigenvalue weighted by Gasteiger charge is -2.30. The van der Waals surface area contributed by atoms with Gasteiger partial charge in [-0.25, -0.2) is 0 Å². The molecule has 584 valence electrons. The number of carbonyl (C=O) groups excluding carboxylic acids is 6. The van der Waals surface area contributed by atoms with Crippen molar-refractivity contribution in [1.82, 2.24) is 16.0 Å². The fourth-order valence-electron chi connectivity index (χ4n) is 8.25. The summed E-state index contributed by atoms with van der Waals surface area (Å²) in [4.78, 5) is 93.6. The predicted octanol–water partition coefficient (Wildman–Crippen LogP) is 14.7. The van der Waals surface area contributed by atoms with Crippen molar-refractivity contribution in [1.29, 1.82) is 0 Å². The van der Waals surface area contributed by atoms with Gasteiger partial charge in [0.1, 0.15) is 30.3 Å². The number of esters is 3. The number of benzene rings is 4. The van der Waals surface area contributed by atoms with Gasteiger partial charge in [-0.05, 0) is 180 Å². The van der Waals surface area contributed by atoms with Gasteiger partial charge in [0, 0.05) is 50.3 Å². The molecule has 4 aromatic rings. The lowest BCUT2D eigenvalue weighted by Crippen LogP contribution is -2.49. The molecule has 0 aliphatic carbocycles. The van der Waals surface area contributed by atoms with Crippen LogP contribution >= 0.6 is 46.4 Å². The van der Waals surface area contributed by atoms with E-state index in [-0.39, 0.29) is 94.8 Å². The monoisotopic (exact) mass is 1530 g/mol. The van der Waals surface area contributed by atoms with E-state index in [0.717, 1.165) is 22.3 Å². The lowest BCUT2D eigenvalue weighted by molar-refractivity contribution is -0.153. The number of carboxylic acids is 2. The van der Waals surface area contributed by atoms with Crippen LogP contribution in [0.5, 0.6) is 23.0 Å². The van der Waals surface area contributed by atoms with Gasteiger partial charge in [-0.3, -0.25) is 38.4 Å². The topological polar surface area (TPSA) is 304 Å². The summed E-state index contributed by atoms with van der Waals surface area (Å²) < 4.78 is 34.5. The Morgan fingerprint density at radius 3 is 0.788 bits per heavy atom. The molecule has 0 aliphatic rings. The highest BCUT2D eigenvalue weighted by atomic mass is 35.5. The fourth-order valence-corrected chi connectivity index (χ4v) is 9.37. The van der Waals surface area contributed by atoms with Crippen LogP contribution in [0.4, 0.5) is 0 Å². The minimum atomic E-state index is -1.03. The summed E-state index contributed by atoms with van der Waals surface area (Å²) in [5.74, 6) is -1.97. The maximum Gasteiger partial charge on any atom is 0.313 e. The van der Waals surface area contributed by atoms with Crippen LogP contribution in [0.3, 0.4) is 0 Å². The van der Waals surface area contributed by atoms with Gasteiger partial charge in [0.15, 0.2) is 0 Å². The maximum atomic E-state index is 12.4. The van der Waals surface area contributed by atoms with E-state index in [4.69, 9.17) is 85.7 Å². The molecule has 0 bridgehead atoms. The summed E-state index contributed by atoms with van der Waals surface area (Å²) in [6, 6.07) is 20.3. The van der Waals surface area contributed by atoms with Crippen molar-refractivity contribution < 1.29 is 81.7 Å². The SMILES string of the molecule is C.C.C#C.COC(=O)C(C)(C)C(C)NC(=O)[C@H](C)Cc1ccc(OC)c(Cl)c1.COC(=O)C(C)(C)C(C)NC(=O)[C@H](C)Cc1ccc(OC)c(Cl)c1.COC(=O)C(C)(C)[C@H](C)N.COc1ccc(C[C@@H](C)C(=O)NC(C)C(C)(C)C(=O)O)cc1Cl.COc1ccc(C[C@@H](C)C(=O)O)cc1Cl.C[B]C.[B]. The van der Waals surface area contributed by atoms with Gasteiger partial charge in [0.05, 0.1) is 97.4 Å². The Bertz CT molecular complexity index is 3190. The Hall–Kier alpha value is -7.35.